The van der Waals surface area contributed by atoms with Crippen molar-refractivity contribution >= 4 is 11.6 Å². The first-order valence-electron chi connectivity index (χ1n) is 5.50. The molecule has 0 fully saturated rings. The van der Waals surface area contributed by atoms with Gasteiger partial charge in [-0.3, -0.25) is 4.79 Å². The van der Waals surface area contributed by atoms with E-state index in [0.717, 1.165) is 5.56 Å². The molecule has 5 nitrogen and oxygen atoms in total. The van der Waals surface area contributed by atoms with Crippen LogP contribution >= 0.6 is 0 Å². The van der Waals surface area contributed by atoms with Crippen LogP contribution in [0.4, 0.5) is 5.69 Å². The van der Waals surface area contributed by atoms with E-state index in [1.807, 2.05) is 18.2 Å². The van der Waals surface area contributed by atoms with Crippen LogP contribution in [0.25, 0.3) is 0 Å². The van der Waals surface area contributed by atoms with E-state index in [0.29, 0.717) is 24.6 Å². The summed E-state index contributed by atoms with van der Waals surface area (Å²) in [6, 6.07) is 5.69. The molecule has 5 heteroatoms. The molecule has 3 N–H and O–H groups in total. The second kappa shape index (κ2) is 5.16. The fraction of sp³-hybridized carbons (Fsp3) is 0.417. The average Bonchev–Trinajstić information content (AvgIpc) is 2.35. The standard InChI is InChI=1S/C12H16N2O3/c1-16-6-9(5-13)8-2-3-11-10(4-8)14-12(15)7-17-11/h2-4,9H,5-7,13H2,1H3,(H,14,15). The lowest BCUT2D eigenvalue weighted by atomic mass is 9.99. The van der Waals surface area contributed by atoms with E-state index < -0.39 is 0 Å². The molecule has 1 amide bonds. The van der Waals surface area contributed by atoms with Gasteiger partial charge < -0.3 is 20.5 Å². The maximum Gasteiger partial charge on any atom is 0.262 e. The van der Waals surface area contributed by atoms with E-state index in [2.05, 4.69) is 5.32 Å². The molecule has 17 heavy (non-hydrogen) atoms. The highest BCUT2D eigenvalue weighted by molar-refractivity contribution is 5.95. The zero-order chi connectivity index (χ0) is 12.3. The minimum atomic E-state index is -0.134. The summed E-state index contributed by atoms with van der Waals surface area (Å²) in [7, 11) is 1.64. The molecular weight excluding hydrogens is 220 g/mol. The molecule has 1 aromatic carbocycles. The predicted octanol–water partition coefficient (Wildman–Crippen LogP) is 0.706. The summed E-state index contributed by atoms with van der Waals surface area (Å²) in [6.45, 7) is 1.14. The molecule has 0 saturated carbocycles. The third-order valence-electron chi connectivity index (χ3n) is 2.76. The number of amides is 1. The summed E-state index contributed by atoms with van der Waals surface area (Å²) in [5, 5.41) is 2.78. The Morgan fingerprint density at radius 2 is 2.41 bits per heavy atom. The predicted molar refractivity (Wildman–Crippen MR) is 64.2 cm³/mol. The number of hydrogen-bond acceptors (Lipinski definition) is 4. The number of benzene rings is 1. The second-order valence-corrected chi connectivity index (χ2v) is 3.98. The van der Waals surface area contributed by atoms with E-state index >= 15 is 0 Å². The molecule has 2 rings (SSSR count). The number of nitrogens with one attached hydrogen (secondary N) is 1. The first kappa shape index (κ1) is 11.9. The Labute approximate surface area is 99.9 Å². The van der Waals surface area contributed by atoms with Gasteiger partial charge in [-0.2, -0.15) is 0 Å². The van der Waals surface area contributed by atoms with Gasteiger partial charge in [0.25, 0.3) is 5.91 Å². The molecule has 0 aromatic heterocycles. The van der Waals surface area contributed by atoms with Gasteiger partial charge in [-0.25, -0.2) is 0 Å². The van der Waals surface area contributed by atoms with Crippen LogP contribution in [-0.2, 0) is 9.53 Å². The van der Waals surface area contributed by atoms with E-state index in [1.165, 1.54) is 0 Å². The molecular formula is C12H16N2O3. The molecule has 1 unspecified atom stereocenters. The lowest BCUT2D eigenvalue weighted by molar-refractivity contribution is -0.118. The van der Waals surface area contributed by atoms with Gasteiger partial charge >= 0.3 is 0 Å². The molecule has 0 spiro atoms. The number of methoxy groups -OCH3 is 1. The molecule has 1 heterocycles. The number of carbonyl (C=O) groups excluding carboxylic acids is 1. The molecule has 1 atom stereocenters. The monoisotopic (exact) mass is 236 g/mol. The topological polar surface area (TPSA) is 73.6 Å². The van der Waals surface area contributed by atoms with Crippen molar-refractivity contribution in [3.8, 4) is 5.75 Å². The molecule has 0 saturated heterocycles. The zero-order valence-electron chi connectivity index (χ0n) is 9.73. The van der Waals surface area contributed by atoms with Crippen molar-refractivity contribution in [3.63, 3.8) is 0 Å². The third kappa shape index (κ3) is 2.57. The number of fused-ring (bicyclic) bond motifs is 1. The van der Waals surface area contributed by atoms with Crippen LogP contribution in [0.2, 0.25) is 0 Å². The summed E-state index contributed by atoms with van der Waals surface area (Å²) in [6.07, 6.45) is 0. The SMILES string of the molecule is COCC(CN)c1ccc2c(c1)NC(=O)CO2. The van der Waals surface area contributed by atoms with Crippen molar-refractivity contribution in [1.82, 2.24) is 0 Å². The average molecular weight is 236 g/mol. The molecule has 1 aliphatic heterocycles. The van der Waals surface area contributed by atoms with Crippen LogP contribution in [-0.4, -0.2) is 32.8 Å². The maximum atomic E-state index is 11.2. The van der Waals surface area contributed by atoms with E-state index in [1.54, 1.807) is 7.11 Å². The van der Waals surface area contributed by atoms with E-state index in [4.69, 9.17) is 15.2 Å². The number of ether oxygens (including phenoxy) is 2. The summed E-state index contributed by atoms with van der Waals surface area (Å²) in [5.74, 6) is 0.691. The normalized spacial score (nSPS) is 15.8. The molecule has 0 radical (unpaired) electrons. The molecule has 1 aliphatic rings. The summed E-state index contributed by atoms with van der Waals surface area (Å²) >= 11 is 0. The highest BCUT2D eigenvalue weighted by Crippen LogP contribution is 2.30. The molecule has 0 bridgehead atoms. The Morgan fingerprint density at radius 1 is 1.59 bits per heavy atom. The fourth-order valence-corrected chi connectivity index (χ4v) is 1.86. The van der Waals surface area contributed by atoms with Crippen molar-refractivity contribution in [1.29, 1.82) is 0 Å². The van der Waals surface area contributed by atoms with Crippen molar-refractivity contribution in [2.75, 3.05) is 32.2 Å². The van der Waals surface area contributed by atoms with Crippen molar-refractivity contribution < 1.29 is 14.3 Å². The van der Waals surface area contributed by atoms with E-state index in [-0.39, 0.29) is 18.4 Å². The van der Waals surface area contributed by atoms with Gasteiger partial charge in [0.15, 0.2) is 6.61 Å². The van der Waals surface area contributed by atoms with Gasteiger partial charge in [0, 0.05) is 19.6 Å². The molecule has 92 valence electrons. The van der Waals surface area contributed by atoms with Gasteiger partial charge in [-0.1, -0.05) is 6.07 Å². The Hall–Kier alpha value is -1.59. The van der Waals surface area contributed by atoms with Crippen molar-refractivity contribution in [2.24, 2.45) is 5.73 Å². The van der Waals surface area contributed by atoms with Gasteiger partial charge in [-0.05, 0) is 17.7 Å². The highest BCUT2D eigenvalue weighted by Gasteiger charge is 2.18. The minimum Gasteiger partial charge on any atom is -0.482 e. The number of hydrogen-bond donors (Lipinski definition) is 2. The number of nitrogens with two attached hydrogens (primary N) is 1. The van der Waals surface area contributed by atoms with Crippen LogP contribution in [0.5, 0.6) is 5.75 Å². The Morgan fingerprint density at radius 3 is 3.12 bits per heavy atom. The first-order valence-corrected chi connectivity index (χ1v) is 5.50. The number of carbonyl (C=O) groups is 1. The summed E-state index contributed by atoms with van der Waals surface area (Å²) in [5.41, 5.74) is 7.44. The van der Waals surface area contributed by atoms with Crippen molar-refractivity contribution in [2.45, 2.75) is 5.92 Å². The van der Waals surface area contributed by atoms with Gasteiger partial charge in [-0.15, -0.1) is 0 Å². The molecule has 1 aromatic rings. The quantitative estimate of drug-likeness (QED) is 0.807. The van der Waals surface area contributed by atoms with Crippen LogP contribution in [0.1, 0.15) is 11.5 Å². The van der Waals surface area contributed by atoms with Crippen LogP contribution in [0.3, 0.4) is 0 Å². The summed E-state index contributed by atoms with van der Waals surface area (Å²) in [4.78, 5) is 11.2. The van der Waals surface area contributed by atoms with Crippen LogP contribution in [0.15, 0.2) is 18.2 Å². The lowest BCUT2D eigenvalue weighted by Crippen LogP contribution is -2.26. The number of anilines is 1. The molecule has 0 aliphatic carbocycles. The highest BCUT2D eigenvalue weighted by atomic mass is 16.5. The number of rotatable bonds is 4. The van der Waals surface area contributed by atoms with Crippen molar-refractivity contribution in [3.05, 3.63) is 23.8 Å². The Kier molecular flexibility index (Phi) is 3.61. The summed E-state index contributed by atoms with van der Waals surface area (Å²) < 4.78 is 10.4. The zero-order valence-corrected chi connectivity index (χ0v) is 9.73. The van der Waals surface area contributed by atoms with Gasteiger partial charge in [0.2, 0.25) is 0 Å². The fourth-order valence-electron chi connectivity index (χ4n) is 1.86. The smallest absolute Gasteiger partial charge is 0.262 e. The second-order valence-electron chi connectivity index (χ2n) is 3.98. The third-order valence-corrected chi connectivity index (χ3v) is 2.76. The van der Waals surface area contributed by atoms with Gasteiger partial charge in [0.05, 0.1) is 12.3 Å². The Balaban J connectivity index is 2.25. The van der Waals surface area contributed by atoms with E-state index in [9.17, 15) is 4.79 Å². The maximum absolute atomic E-state index is 11.2. The largest absolute Gasteiger partial charge is 0.482 e. The van der Waals surface area contributed by atoms with Crippen LogP contribution < -0.4 is 15.8 Å². The first-order chi connectivity index (χ1) is 8.24. The van der Waals surface area contributed by atoms with Crippen LogP contribution in [0, 0.1) is 0 Å². The Bertz CT molecular complexity index is 420. The lowest BCUT2D eigenvalue weighted by Gasteiger charge is -2.21. The van der Waals surface area contributed by atoms with Gasteiger partial charge in [0.1, 0.15) is 5.75 Å². The minimum absolute atomic E-state index is 0.0741.